The third kappa shape index (κ3) is 3.28. The van der Waals surface area contributed by atoms with Gasteiger partial charge in [0.1, 0.15) is 11.9 Å². The van der Waals surface area contributed by atoms with E-state index in [1.807, 2.05) is 0 Å². The molecule has 21 heavy (non-hydrogen) atoms. The fraction of sp³-hybridized carbons (Fsp3) is 0.308. The van der Waals surface area contributed by atoms with Gasteiger partial charge in [-0.15, -0.1) is 0 Å². The molecule has 0 aromatic heterocycles. The second kappa shape index (κ2) is 5.78. The van der Waals surface area contributed by atoms with Crippen LogP contribution in [0.15, 0.2) is 18.2 Å². The highest BCUT2D eigenvalue weighted by Gasteiger charge is 2.29. The summed E-state index contributed by atoms with van der Waals surface area (Å²) < 4.78 is 13.2. The van der Waals surface area contributed by atoms with Crippen molar-refractivity contribution in [3.63, 3.8) is 0 Å². The number of halogens is 1. The largest absolute Gasteiger partial charge is 0.480 e. The summed E-state index contributed by atoms with van der Waals surface area (Å²) in [6.45, 7) is 0.313. The van der Waals surface area contributed by atoms with Crippen LogP contribution in [0.2, 0.25) is 0 Å². The molecule has 0 fully saturated rings. The lowest BCUT2D eigenvalue weighted by atomic mass is 10.2. The van der Waals surface area contributed by atoms with Gasteiger partial charge in [-0.2, -0.15) is 0 Å². The van der Waals surface area contributed by atoms with E-state index in [2.05, 4.69) is 5.32 Å². The minimum atomic E-state index is -1.41. The molecule has 0 radical (unpaired) electrons. The molecule has 8 heteroatoms. The predicted molar refractivity (Wildman–Crippen MR) is 71.2 cm³/mol. The van der Waals surface area contributed by atoms with E-state index in [0.29, 0.717) is 18.7 Å². The summed E-state index contributed by atoms with van der Waals surface area (Å²) in [6, 6.07) is 1.98. The summed E-state index contributed by atoms with van der Waals surface area (Å²) in [6.07, 6.45) is 0.0432. The predicted octanol–water partition coefficient (Wildman–Crippen LogP) is 0.226. The van der Waals surface area contributed by atoms with E-state index < -0.39 is 36.2 Å². The van der Waals surface area contributed by atoms with Crippen molar-refractivity contribution in [2.45, 2.75) is 18.9 Å². The molecule has 0 spiro atoms. The molecular weight excluding hydrogens is 281 g/mol. The van der Waals surface area contributed by atoms with Crippen LogP contribution in [0.25, 0.3) is 0 Å². The topological polar surface area (TPSA) is 113 Å². The number of nitrogens with one attached hydrogen (secondary N) is 1. The number of nitrogens with zero attached hydrogens (tertiary/aromatic N) is 1. The van der Waals surface area contributed by atoms with Gasteiger partial charge >= 0.3 is 12.0 Å². The molecule has 1 aliphatic rings. The summed E-state index contributed by atoms with van der Waals surface area (Å²) in [4.78, 5) is 35.1. The molecule has 7 nitrogen and oxygen atoms in total. The monoisotopic (exact) mass is 295 g/mol. The van der Waals surface area contributed by atoms with Crippen LogP contribution >= 0.6 is 0 Å². The highest BCUT2D eigenvalue weighted by atomic mass is 19.1. The van der Waals surface area contributed by atoms with Crippen LogP contribution in [0.1, 0.15) is 12.0 Å². The number of hydrogen-bond acceptors (Lipinski definition) is 3. The number of nitrogens with two attached hydrogens (primary N) is 1. The third-order valence-electron chi connectivity index (χ3n) is 3.19. The number of anilines is 1. The zero-order chi connectivity index (χ0) is 15.6. The number of aliphatic carboxylic acids is 1. The minimum absolute atomic E-state index is 0.313. The van der Waals surface area contributed by atoms with E-state index in [1.165, 1.54) is 17.0 Å². The van der Waals surface area contributed by atoms with Crippen molar-refractivity contribution >= 4 is 23.6 Å². The van der Waals surface area contributed by atoms with Gasteiger partial charge in [0.25, 0.3) is 0 Å². The number of amides is 3. The summed E-state index contributed by atoms with van der Waals surface area (Å²) >= 11 is 0. The Labute approximate surface area is 119 Å². The smallest absolute Gasteiger partial charge is 0.326 e. The van der Waals surface area contributed by atoms with Crippen molar-refractivity contribution in [3.8, 4) is 0 Å². The lowest BCUT2D eigenvalue weighted by Gasteiger charge is -2.21. The first kappa shape index (κ1) is 14.8. The van der Waals surface area contributed by atoms with Crippen LogP contribution in [-0.4, -0.2) is 35.6 Å². The molecule has 1 atom stereocenters. The van der Waals surface area contributed by atoms with Crippen molar-refractivity contribution in [2.24, 2.45) is 5.73 Å². The Balaban J connectivity index is 2.13. The molecule has 1 aliphatic heterocycles. The molecule has 0 aliphatic carbocycles. The van der Waals surface area contributed by atoms with Crippen LogP contribution in [0.3, 0.4) is 0 Å². The zero-order valence-electron chi connectivity index (χ0n) is 11.0. The van der Waals surface area contributed by atoms with E-state index in [-0.39, 0.29) is 0 Å². The first-order valence-corrected chi connectivity index (χ1v) is 6.26. The summed E-state index contributed by atoms with van der Waals surface area (Å²) in [7, 11) is 0. The van der Waals surface area contributed by atoms with Crippen LogP contribution in [0.5, 0.6) is 0 Å². The van der Waals surface area contributed by atoms with Crippen molar-refractivity contribution in [1.82, 2.24) is 5.32 Å². The molecule has 1 unspecified atom stereocenters. The normalized spacial score (nSPS) is 14.4. The highest BCUT2D eigenvalue weighted by Crippen LogP contribution is 2.28. The van der Waals surface area contributed by atoms with Gasteiger partial charge in [0, 0.05) is 6.54 Å². The Bertz CT molecular complexity index is 605. The Morgan fingerprint density at radius 2 is 2.14 bits per heavy atom. The maximum absolute atomic E-state index is 13.2. The lowest BCUT2D eigenvalue weighted by molar-refractivity contribution is -0.140. The Hall–Kier alpha value is -2.64. The van der Waals surface area contributed by atoms with Gasteiger partial charge in [0.2, 0.25) is 5.91 Å². The zero-order valence-corrected chi connectivity index (χ0v) is 11.0. The molecule has 2 rings (SSSR count). The number of fused-ring (bicyclic) bond motifs is 1. The molecular formula is C13H14FN3O4. The number of carbonyl (C=O) groups is 3. The summed E-state index contributed by atoms with van der Waals surface area (Å²) in [5.74, 6) is -2.68. The van der Waals surface area contributed by atoms with Crippen molar-refractivity contribution in [3.05, 3.63) is 29.6 Å². The van der Waals surface area contributed by atoms with Gasteiger partial charge in [-0.05, 0) is 24.1 Å². The molecule has 4 N–H and O–H groups in total. The quantitative estimate of drug-likeness (QED) is 0.737. The van der Waals surface area contributed by atoms with Crippen molar-refractivity contribution in [1.29, 1.82) is 0 Å². The first-order valence-electron chi connectivity index (χ1n) is 6.26. The molecule has 1 aromatic carbocycles. The average molecular weight is 295 g/mol. The molecule has 112 valence electrons. The van der Waals surface area contributed by atoms with Crippen molar-refractivity contribution in [2.75, 3.05) is 11.4 Å². The number of hydrogen-bond donors (Lipinski definition) is 3. The van der Waals surface area contributed by atoms with Crippen LogP contribution in [0.4, 0.5) is 14.9 Å². The number of primary amides is 1. The Morgan fingerprint density at radius 3 is 2.76 bits per heavy atom. The molecule has 1 aromatic rings. The van der Waals surface area contributed by atoms with Gasteiger partial charge in [-0.25, -0.2) is 14.0 Å². The van der Waals surface area contributed by atoms with Crippen LogP contribution < -0.4 is 16.0 Å². The lowest BCUT2D eigenvalue weighted by Crippen LogP contribution is -2.49. The van der Waals surface area contributed by atoms with Crippen LogP contribution in [-0.2, 0) is 16.0 Å². The molecule has 1 heterocycles. The van der Waals surface area contributed by atoms with Crippen molar-refractivity contribution < 1.29 is 23.9 Å². The molecule has 0 saturated carbocycles. The fourth-order valence-electron chi connectivity index (χ4n) is 2.19. The van der Waals surface area contributed by atoms with E-state index in [4.69, 9.17) is 10.8 Å². The van der Waals surface area contributed by atoms with E-state index in [9.17, 15) is 18.8 Å². The average Bonchev–Trinajstić information content (AvgIpc) is 2.80. The van der Waals surface area contributed by atoms with Gasteiger partial charge in [0.15, 0.2) is 0 Å². The van der Waals surface area contributed by atoms with E-state index in [0.717, 1.165) is 5.56 Å². The van der Waals surface area contributed by atoms with E-state index in [1.54, 1.807) is 6.07 Å². The van der Waals surface area contributed by atoms with Gasteiger partial charge in [-0.3, -0.25) is 9.69 Å². The van der Waals surface area contributed by atoms with Gasteiger partial charge in [0.05, 0.1) is 12.1 Å². The summed E-state index contributed by atoms with van der Waals surface area (Å²) in [5, 5.41) is 11.2. The van der Waals surface area contributed by atoms with E-state index >= 15 is 0 Å². The second-order valence-corrected chi connectivity index (χ2v) is 4.69. The molecule has 0 bridgehead atoms. The maximum Gasteiger partial charge on any atom is 0.326 e. The second-order valence-electron chi connectivity index (χ2n) is 4.69. The highest BCUT2D eigenvalue weighted by molar-refractivity contribution is 5.97. The fourth-order valence-corrected chi connectivity index (χ4v) is 2.19. The Kier molecular flexibility index (Phi) is 4.06. The number of carboxylic acids is 1. The number of rotatable bonds is 4. The van der Waals surface area contributed by atoms with Crippen LogP contribution in [0, 0.1) is 5.82 Å². The number of carboxylic acid groups (broad SMARTS) is 1. The first-order chi connectivity index (χ1) is 9.88. The number of carbonyl (C=O) groups excluding carboxylic acids is 2. The third-order valence-corrected chi connectivity index (χ3v) is 3.19. The number of urea groups is 1. The standard InChI is InChI=1S/C13H14FN3O4/c14-8-2-1-7-3-4-17(10(7)5-8)13(21)16-9(12(19)20)6-11(15)18/h1-2,5,9H,3-4,6H2,(H2,15,18)(H,16,21)(H,19,20). The Morgan fingerprint density at radius 1 is 1.43 bits per heavy atom. The number of benzene rings is 1. The van der Waals surface area contributed by atoms with Gasteiger partial charge in [-0.1, -0.05) is 6.07 Å². The maximum atomic E-state index is 13.2. The minimum Gasteiger partial charge on any atom is -0.480 e. The summed E-state index contributed by atoms with van der Waals surface area (Å²) in [5.41, 5.74) is 6.14. The van der Waals surface area contributed by atoms with Gasteiger partial charge < -0.3 is 16.2 Å². The molecule has 3 amide bonds. The SMILES string of the molecule is NC(=O)CC(NC(=O)N1CCc2ccc(F)cc21)C(=O)O. The molecule has 0 saturated heterocycles.